The molecule has 4 N–H and O–H groups in total. The van der Waals surface area contributed by atoms with E-state index in [4.69, 9.17) is 5.73 Å². The number of nitrogens with one attached hydrogen (secondary N) is 1. The van der Waals surface area contributed by atoms with Crippen LogP contribution in [0.5, 0.6) is 0 Å². The first-order valence-corrected chi connectivity index (χ1v) is 4.66. The zero-order valence-electron chi connectivity index (χ0n) is 8.44. The van der Waals surface area contributed by atoms with Crippen molar-refractivity contribution in [3.8, 4) is 0 Å². The van der Waals surface area contributed by atoms with Crippen LogP contribution in [0.15, 0.2) is 12.3 Å². The minimum absolute atomic E-state index is 0.0469. The summed E-state index contributed by atoms with van der Waals surface area (Å²) < 4.78 is 0. The van der Waals surface area contributed by atoms with Gasteiger partial charge in [0.25, 0.3) is 0 Å². The van der Waals surface area contributed by atoms with Crippen molar-refractivity contribution in [2.45, 2.75) is 32.4 Å². The molecule has 0 spiro atoms. The third kappa shape index (κ3) is 2.85. The number of aliphatic hydroxyl groups is 1. The molecular weight excluding hydrogens is 180 g/mol. The van der Waals surface area contributed by atoms with Crippen LogP contribution in [-0.4, -0.2) is 27.2 Å². The summed E-state index contributed by atoms with van der Waals surface area (Å²) in [5.41, 5.74) is 5.42. The lowest BCUT2D eigenvalue weighted by Crippen LogP contribution is -2.30. The molecule has 0 saturated heterocycles. The van der Waals surface area contributed by atoms with Gasteiger partial charge in [-0.25, -0.2) is 4.98 Å². The van der Waals surface area contributed by atoms with E-state index in [-0.39, 0.29) is 18.1 Å². The second-order valence-electron chi connectivity index (χ2n) is 3.21. The Labute approximate surface area is 83.4 Å². The molecule has 1 aromatic rings. The number of nitrogens with zero attached hydrogens (tertiary/aromatic N) is 2. The van der Waals surface area contributed by atoms with E-state index in [1.807, 2.05) is 13.8 Å². The third-order valence-corrected chi connectivity index (χ3v) is 2.05. The molecule has 2 atom stereocenters. The minimum atomic E-state index is -0.383. The average Bonchev–Trinajstić information content (AvgIpc) is 2.16. The lowest BCUT2D eigenvalue weighted by Gasteiger charge is -2.19. The normalized spacial score (nSPS) is 14.8. The molecule has 0 aliphatic heterocycles. The van der Waals surface area contributed by atoms with Crippen LogP contribution in [-0.2, 0) is 0 Å². The van der Waals surface area contributed by atoms with E-state index < -0.39 is 0 Å². The van der Waals surface area contributed by atoms with Gasteiger partial charge in [-0.2, -0.15) is 4.98 Å². The maximum absolute atomic E-state index is 9.52. The monoisotopic (exact) mass is 196 g/mol. The number of nitrogens with two attached hydrogens (primary N) is 1. The van der Waals surface area contributed by atoms with Gasteiger partial charge < -0.3 is 16.2 Å². The van der Waals surface area contributed by atoms with Crippen molar-refractivity contribution in [1.82, 2.24) is 9.97 Å². The summed E-state index contributed by atoms with van der Waals surface area (Å²) in [6.07, 6.45) is 1.90. The summed E-state index contributed by atoms with van der Waals surface area (Å²) in [4.78, 5) is 7.75. The summed E-state index contributed by atoms with van der Waals surface area (Å²) in [7, 11) is 0. The second-order valence-corrected chi connectivity index (χ2v) is 3.21. The highest BCUT2D eigenvalue weighted by Gasteiger charge is 2.11. The quantitative estimate of drug-likeness (QED) is 0.657. The summed E-state index contributed by atoms with van der Waals surface area (Å²) in [6.45, 7) is 3.82. The van der Waals surface area contributed by atoms with Gasteiger partial charge in [-0.1, -0.05) is 6.92 Å². The molecule has 14 heavy (non-hydrogen) atoms. The van der Waals surface area contributed by atoms with Crippen LogP contribution < -0.4 is 11.1 Å². The predicted molar refractivity (Wildman–Crippen MR) is 55.8 cm³/mol. The molecule has 78 valence electrons. The highest BCUT2D eigenvalue weighted by Crippen LogP contribution is 2.08. The number of nitrogen functional groups attached to an aromatic ring is 1. The first-order chi connectivity index (χ1) is 6.63. The number of hydrogen-bond donors (Lipinski definition) is 3. The van der Waals surface area contributed by atoms with Gasteiger partial charge in [0.05, 0.1) is 12.1 Å². The SMILES string of the molecule is CCC(O)C(C)Nc1ccnc(N)n1. The first-order valence-electron chi connectivity index (χ1n) is 4.66. The van der Waals surface area contributed by atoms with E-state index in [0.29, 0.717) is 12.2 Å². The van der Waals surface area contributed by atoms with Crippen LogP contribution in [0.25, 0.3) is 0 Å². The molecule has 5 nitrogen and oxygen atoms in total. The Kier molecular flexibility index (Phi) is 3.64. The molecule has 0 bridgehead atoms. The molecule has 1 heterocycles. The van der Waals surface area contributed by atoms with Crippen LogP contribution in [0.1, 0.15) is 20.3 Å². The largest absolute Gasteiger partial charge is 0.391 e. The second kappa shape index (κ2) is 4.76. The van der Waals surface area contributed by atoms with Gasteiger partial charge in [-0.05, 0) is 19.4 Å². The Hall–Kier alpha value is -1.36. The fourth-order valence-corrected chi connectivity index (χ4v) is 1.14. The number of aromatic nitrogens is 2. The van der Waals surface area contributed by atoms with Crippen molar-refractivity contribution in [1.29, 1.82) is 0 Å². The van der Waals surface area contributed by atoms with Crippen molar-refractivity contribution in [2.24, 2.45) is 0 Å². The summed E-state index contributed by atoms with van der Waals surface area (Å²) in [5.74, 6) is 0.866. The molecule has 0 aliphatic carbocycles. The van der Waals surface area contributed by atoms with Gasteiger partial charge in [0, 0.05) is 6.20 Å². The first kappa shape index (κ1) is 10.7. The van der Waals surface area contributed by atoms with E-state index in [0.717, 1.165) is 0 Å². The third-order valence-electron chi connectivity index (χ3n) is 2.05. The van der Waals surface area contributed by atoms with Crippen LogP contribution in [0.2, 0.25) is 0 Å². The van der Waals surface area contributed by atoms with Crippen LogP contribution in [0.3, 0.4) is 0 Å². The Morgan fingerprint density at radius 3 is 2.93 bits per heavy atom. The molecule has 0 amide bonds. The van der Waals surface area contributed by atoms with E-state index in [1.54, 1.807) is 12.3 Å². The number of rotatable bonds is 4. The van der Waals surface area contributed by atoms with Gasteiger partial charge in [0.2, 0.25) is 5.95 Å². The van der Waals surface area contributed by atoms with Gasteiger partial charge >= 0.3 is 0 Å². The standard InChI is InChI=1S/C9H16N4O/c1-3-7(14)6(2)12-8-4-5-11-9(10)13-8/h4-7,14H,3H2,1-2H3,(H3,10,11,12,13). The van der Waals surface area contributed by atoms with Gasteiger partial charge in [-0.15, -0.1) is 0 Å². The van der Waals surface area contributed by atoms with Gasteiger partial charge in [-0.3, -0.25) is 0 Å². The van der Waals surface area contributed by atoms with Crippen molar-refractivity contribution in [3.05, 3.63) is 12.3 Å². The van der Waals surface area contributed by atoms with Gasteiger partial charge in [0.15, 0.2) is 0 Å². The number of hydrogen-bond acceptors (Lipinski definition) is 5. The Bertz CT molecular complexity index is 292. The van der Waals surface area contributed by atoms with Crippen LogP contribution in [0.4, 0.5) is 11.8 Å². The lowest BCUT2D eigenvalue weighted by molar-refractivity contribution is 0.154. The highest BCUT2D eigenvalue weighted by molar-refractivity contribution is 5.38. The van der Waals surface area contributed by atoms with E-state index in [9.17, 15) is 5.11 Å². The highest BCUT2D eigenvalue weighted by atomic mass is 16.3. The topological polar surface area (TPSA) is 84.1 Å². The maximum atomic E-state index is 9.52. The van der Waals surface area contributed by atoms with E-state index in [1.165, 1.54) is 0 Å². The van der Waals surface area contributed by atoms with Crippen molar-refractivity contribution in [3.63, 3.8) is 0 Å². The zero-order valence-corrected chi connectivity index (χ0v) is 8.44. The molecule has 0 aromatic carbocycles. The maximum Gasteiger partial charge on any atom is 0.221 e. The average molecular weight is 196 g/mol. The molecule has 5 heteroatoms. The minimum Gasteiger partial charge on any atom is -0.391 e. The predicted octanol–water partition coefficient (Wildman–Crippen LogP) is 0.630. The smallest absolute Gasteiger partial charge is 0.221 e. The number of aliphatic hydroxyl groups excluding tert-OH is 1. The number of anilines is 2. The molecule has 0 radical (unpaired) electrons. The summed E-state index contributed by atoms with van der Waals surface area (Å²) >= 11 is 0. The molecule has 2 unspecified atom stereocenters. The molecule has 0 saturated carbocycles. The van der Waals surface area contributed by atoms with E-state index >= 15 is 0 Å². The molecule has 1 rings (SSSR count). The molecule has 1 aromatic heterocycles. The fraction of sp³-hybridized carbons (Fsp3) is 0.556. The fourth-order valence-electron chi connectivity index (χ4n) is 1.14. The molecule has 0 aliphatic rings. The Morgan fingerprint density at radius 2 is 2.36 bits per heavy atom. The Morgan fingerprint density at radius 1 is 1.64 bits per heavy atom. The van der Waals surface area contributed by atoms with Crippen LogP contribution in [0, 0.1) is 0 Å². The molecular formula is C9H16N4O. The van der Waals surface area contributed by atoms with Crippen molar-refractivity contribution >= 4 is 11.8 Å². The lowest BCUT2D eigenvalue weighted by atomic mass is 10.1. The Balaban J connectivity index is 2.60. The van der Waals surface area contributed by atoms with E-state index in [2.05, 4.69) is 15.3 Å². The zero-order chi connectivity index (χ0) is 10.6. The molecule has 0 fully saturated rings. The van der Waals surface area contributed by atoms with Crippen molar-refractivity contribution < 1.29 is 5.11 Å². The summed E-state index contributed by atoms with van der Waals surface area (Å²) in [6, 6.07) is 1.67. The summed E-state index contributed by atoms with van der Waals surface area (Å²) in [5, 5.41) is 12.6. The van der Waals surface area contributed by atoms with Crippen LogP contribution >= 0.6 is 0 Å². The van der Waals surface area contributed by atoms with Crippen molar-refractivity contribution in [2.75, 3.05) is 11.1 Å². The van der Waals surface area contributed by atoms with Gasteiger partial charge in [0.1, 0.15) is 5.82 Å².